The molecule has 0 saturated carbocycles. The summed E-state index contributed by atoms with van der Waals surface area (Å²) in [4.78, 5) is 28.5. The first-order valence-electron chi connectivity index (χ1n) is 7.93. The fourth-order valence-corrected chi connectivity index (χ4v) is 2.83. The number of carbonyl (C=O) groups is 2. The van der Waals surface area contributed by atoms with E-state index < -0.39 is 36.5 Å². The maximum atomic E-state index is 14.0. The van der Waals surface area contributed by atoms with Gasteiger partial charge in [-0.25, -0.2) is 22.9 Å². The van der Waals surface area contributed by atoms with Crippen molar-refractivity contribution in [2.24, 2.45) is 0 Å². The van der Waals surface area contributed by atoms with Crippen LogP contribution in [-0.2, 0) is 0 Å². The van der Waals surface area contributed by atoms with Gasteiger partial charge in [-0.15, -0.1) is 0 Å². The van der Waals surface area contributed by atoms with E-state index in [2.05, 4.69) is 4.98 Å². The van der Waals surface area contributed by atoms with Crippen molar-refractivity contribution < 1.29 is 27.9 Å². The molecule has 2 aromatic rings. The number of amides is 1. The largest absolute Gasteiger partial charge is 0.477 e. The van der Waals surface area contributed by atoms with Crippen molar-refractivity contribution in [1.82, 2.24) is 9.88 Å². The van der Waals surface area contributed by atoms with Crippen LogP contribution in [0.5, 0.6) is 0 Å². The Balaban J connectivity index is 1.90. The van der Waals surface area contributed by atoms with Gasteiger partial charge in [-0.2, -0.15) is 0 Å². The van der Waals surface area contributed by atoms with E-state index in [0.29, 0.717) is 11.1 Å². The minimum absolute atomic E-state index is 0.0268. The van der Waals surface area contributed by atoms with Crippen molar-refractivity contribution in [3.05, 3.63) is 53.6 Å². The second-order valence-corrected chi connectivity index (χ2v) is 6.11. The highest BCUT2D eigenvalue weighted by Gasteiger charge is 2.35. The molecule has 1 amide bonds. The summed E-state index contributed by atoms with van der Waals surface area (Å²) in [7, 11) is 0. The van der Waals surface area contributed by atoms with Crippen molar-refractivity contribution in [3.8, 4) is 11.1 Å². The first kappa shape index (κ1) is 17.9. The molecule has 1 fully saturated rings. The van der Waals surface area contributed by atoms with Gasteiger partial charge in [-0.1, -0.05) is 0 Å². The molecule has 1 saturated heterocycles. The highest BCUT2D eigenvalue weighted by molar-refractivity contribution is 5.96. The smallest absolute Gasteiger partial charge is 0.354 e. The summed E-state index contributed by atoms with van der Waals surface area (Å²) >= 11 is 0. The van der Waals surface area contributed by atoms with Crippen LogP contribution in [0.4, 0.5) is 13.2 Å². The number of likely N-dealkylation sites (tertiary alicyclic amines) is 1. The summed E-state index contributed by atoms with van der Waals surface area (Å²) in [5, 5.41) is 9.01. The van der Waals surface area contributed by atoms with Gasteiger partial charge in [0, 0.05) is 37.7 Å². The Kier molecular flexibility index (Phi) is 4.67. The van der Waals surface area contributed by atoms with Gasteiger partial charge in [-0.3, -0.25) is 4.79 Å². The van der Waals surface area contributed by atoms with Crippen molar-refractivity contribution in [1.29, 1.82) is 0 Å². The standard InChI is InChI=1S/C18H15F3N2O3/c19-14-8-12(11-1-4-22-15(10-11)17(25)26)7-13(9-14)16(24)23-5-2-18(20,21)3-6-23/h1,4,7-10H,2-3,5-6H2,(H,25,26). The molecule has 136 valence electrons. The summed E-state index contributed by atoms with van der Waals surface area (Å²) < 4.78 is 40.5. The number of pyridine rings is 1. The zero-order valence-electron chi connectivity index (χ0n) is 13.6. The van der Waals surface area contributed by atoms with Crippen molar-refractivity contribution >= 4 is 11.9 Å². The Morgan fingerprint density at radius 1 is 1.08 bits per heavy atom. The molecule has 0 spiro atoms. The Morgan fingerprint density at radius 3 is 2.42 bits per heavy atom. The number of carboxylic acid groups (broad SMARTS) is 1. The molecular weight excluding hydrogens is 349 g/mol. The first-order valence-corrected chi connectivity index (χ1v) is 7.93. The fourth-order valence-electron chi connectivity index (χ4n) is 2.83. The van der Waals surface area contributed by atoms with Crippen molar-refractivity contribution in [3.63, 3.8) is 0 Å². The number of piperidine rings is 1. The van der Waals surface area contributed by atoms with Gasteiger partial charge in [-0.05, 0) is 41.5 Å². The maximum Gasteiger partial charge on any atom is 0.354 e. The Labute approximate surface area is 147 Å². The van der Waals surface area contributed by atoms with Crippen molar-refractivity contribution in [2.45, 2.75) is 18.8 Å². The number of rotatable bonds is 3. The van der Waals surface area contributed by atoms with E-state index >= 15 is 0 Å². The van der Waals surface area contributed by atoms with Crippen LogP contribution in [0.1, 0.15) is 33.7 Å². The zero-order chi connectivity index (χ0) is 18.9. The van der Waals surface area contributed by atoms with E-state index in [4.69, 9.17) is 5.11 Å². The van der Waals surface area contributed by atoms with Gasteiger partial charge in [0.2, 0.25) is 0 Å². The van der Waals surface area contributed by atoms with Crippen LogP contribution >= 0.6 is 0 Å². The Hall–Kier alpha value is -2.90. The Bertz CT molecular complexity index is 861. The van der Waals surface area contributed by atoms with Crippen LogP contribution in [-0.4, -0.2) is 45.9 Å². The summed E-state index contributed by atoms with van der Waals surface area (Å²) in [6.07, 6.45) is 0.429. The van der Waals surface area contributed by atoms with E-state index in [0.717, 1.165) is 6.07 Å². The van der Waals surface area contributed by atoms with Gasteiger partial charge in [0.1, 0.15) is 11.5 Å². The normalized spacial score (nSPS) is 16.3. The lowest BCUT2D eigenvalue weighted by Gasteiger charge is -2.31. The molecule has 1 aliphatic rings. The third-order valence-electron chi connectivity index (χ3n) is 4.24. The molecule has 2 heterocycles. The van der Waals surface area contributed by atoms with E-state index in [1.165, 1.54) is 35.4 Å². The lowest BCUT2D eigenvalue weighted by atomic mass is 10.0. The predicted molar refractivity (Wildman–Crippen MR) is 86.7 cm³/mol. The molecule has 0 bridgehead atoms. The third kappa shape index (κ3) is 3.84. The van der Waals surface area contributed by atoms with Crippen molar-refractivity contribution in [2.75, 3.05) is 13.1 Å². The topological polar surface area (TPSA) is 70.5 Å². The SMILES string of the molecule is O=C(O)c1cc(-c2cc(F)cc(C(=O)N3CCC(F)(F)CC3)c2)ccn1. The molecule has 1 N–H and O–H groups in total. The highest BCUT2D eigenvalue weighted by Crippen LogP contribution is 2.29. The van der Waals surface area contributed by atoms with Crippen LogP contribution in [0, 0.1) is 5.82 Å². The quantitative estimate of drug-likeness (QED) is 0.906. The monoisotopic (exact) mass is 364 g/mol. The van der Waals surface area contributed by atoms with Gasteiger partial charge < -0.3 is 10.0 Å². The lowest BCUT2D eigenvalue weighted by Crippen LogP contribution is -2.42. The fraction of sp³-hybridized carbons (Fsp3) is 0.278. The van der Waals surface area contributed by atoms with Crippen LogP contribution in [0.15, 0.2) is 36.5 Å². The van der Waals surface area contributed by atoms with Gasteiger partial charge in [0.05, 0.1) is 0 Å². The Morgan fingerprint density at radius 2 is 1.77 bits per heavy atom. The second-order valence-electron chi connectivity index (χ2n) is 6.11. The molecule has 1 aromatic heterocycles. The second kappa shape index (κ2) is 6.78. The minimum atomic E-state index is -2.78. The number of aromatic nitrogens is 1. The van der Waals surface area contributed by atoms with E-state index in [1.807, 2.05) is 0 Å². The molecule has 3 rings (SSSR count). The molecule has 0 unspecified atom stereocenters. The predicted octanol–water partition coefficient (Wildman–Crippen LogP) is 3.46. The molecule has 1 aliphatic heterocycles. The van der Waals surface area contributed by atoms with E-state index in [1.54, 1.807) is 0 Å². The van der Waals surface area contributed by atoms with E-state index in [9.17, 15) is 22.8 Å². The van der Waals surface area contributed by atoms with Gasteiger partial charge in [0.15, 0.2) is 0 Å². The third-order valence-corrected chi connectivity index (χ3v) is 4.24. The average molecular weight is 364 g/mol. The number of halogens is 3. The molecule has 0 atom stereocenters. The molecule has 26 heavy (non-hydrogen) atoms. The van der Waals surface area contributed by atoms with Gasteiger partial charge >= 0.3 is 5.97 Å². The number of aromatic carboxylic acids is 1. The molecule has 8 heteroatoms. The summed E-state index contributed by atoms with van der Waals surface area (Å²) in [5.74, 6) is -5.22. The van der Waals surface area contributed by atoms with Crippen LogP contribution < -0.4 is 0 Å². The first-order chi connectivity index (χ1) is 12.2. The number of alkyl halides is 2. The lowest BCUT2D eigenvalue weighted by molar-refractivity contribution is -0.0494. The molecular formula is C18H15F3N2O3. The van der Waals surface area contributed by atoms with Crippen LogP contribution in [0.25, 0.3) is 11.1 Å². The van der Waals surface area contributed by atoms with Crippen LogP contribution in [0.3, 0.4) is 0 Å². The minimum Gasteiger partial charge on any atom is -0.477 e. The number of benzene rings is 1. The van der Waals surface area contributed by atoms with Crippen LogP contribution in [0.2, 0.25) is 0 Å². The average Bonchev–Trinajstić information content (AvgIpc) is 2.60. The zero-order valence-corrected chi connectivity index (χ0v) is 13.6. The molecule has 5 nitrogen and oxygen atoms in total. The number of carboxylic acids is 1. The number of hydrogen-bond donors (Lipinski definition) is 1. The van der Waals surface area contributed by atoms with Gasteiger partial charge in [0.25, 0.3) is 11.8 Å². The molecule has 0 radical (unpaired) electrons. The summed E-state index contributed by atoms with van der Waals surface area (Å²) in [5.41, 5.74) is 0.508. The molecule has 0 aliphatic carbocycles. The maximum absolute atomic E-state index is 14.0. The summed E-state index contributed by atoms with van der Waals surface area (Å²) in [6.45, 7) is -0.202. The molecule has 1 aromatic carbocycles. The van der Waals surface area contributed by atoms with E-state index in [-0.39, 0.29) is 24.3 Å². The number of carbonyl (C=O) groups excluding carboxylic acids is 1. The number of nitrogens with zero attached hydrogens (tertiary/aromatic N) is 2. The highest BCUT2D eigenvalue weighted by atomic mass is 19.3. The number of hydrogen-bond acceptors (Lipinski definition) is 3. The summed E-state index contributed by atoms with van der Waals surface area (Å²) in [6, 6.07) is 6.39.